The van der Waals surface area contributed by atoms with Crippen molar-refractivity contribution in [1.29, 1.82) is 0 Å². The molecule has 0 saturated carbocycles. The van der Waals surface area contributed by atoms with Gasteiger partial charge in [-0.15, -0.1) is 0 Å². The van der Waals surface area contributed by atoms with Crippen molar-refractivity contribution in [2.24, 2.45) is 0 Å². The summed E-state index contributed by atoms with van der Waals surface area (Å²) in [6, 6.07) is 1.69. The van der Waals surface area contributed by atoms with Gasteiger partial charge in [0.15, 0.2) is 0 Å². The Morgan fingerprint density at radius 2 is 0.944 bits per heavy atom. The zero-order valence-electron chi connectivity index (χ0n) is 13.3. The average Bonchev–Trinajstić information content (AvgIpc) is 2.37. The fraction of sp³-hybridized carbons (Fsp3) is 1.00. The lowest BCUT2D eigenvalue weighted by atomic mass is 10.2. The van der Waals surface area contributed by atoms with Gasteiger partial charge < -0.3 is 0 Å². The molecule has 108 valence electrons. The van der Waals surface area contributed by atoms with Crippen LogP contribution < -0.4 is 0 Å². The Bertz CT molecular complexity index is 206. The van der Waals surface area contributed by atoms with Gasteiger partial charge in [-0.2, -0.15) is 5.12 Å². The van der Waals surface area contributed by atoms with Crippen molar-refractivity contribution in [2.45, 2.75) is 85.4 Å². The summed E-state index contributed by atoms with van der Waals surface area (Å²) in [5.74, 6) is 0. The van der Waals surface area contributed by atoms with Crippen molar-refractivity contribution in [2.75, 3.05) is 13.1 Å². The highest BCUT2D eigenvalue weighted by Crippen LogP contribution is 2.20. The maximum Gasteiger partial charge on any atom is 0.0348 e. The van der Waals surface area contributed by atoms with Crippen LogP contribution in [0.4, 0.5) is 0 Å². The van der Waals surface area contributed by atoms with Gasteiger partial charge in [-0.05, 0) is 54.4 Å². The molecule has 3 heteroatoms. The van der Waals surface area contributed by atoms with E-state index >= 15 is 0 Å². The van der Waals surface area contributed by atoms with E-state index < -0.39 is 0 Å². The lowest BCUT2D eigenvalue weighted by Gasteiger charge is -2.48. The third-order valence-electron chi connectivity index (χ3n) is 3.70. The monoisotopic (exact) mass is 255 g/mol. The molecule has 1 saturated heterocycles. The molecule has 0 aromatic rings. The minimum Gasteiger partial charge on any atom is -0.225 e. The van der Waals surface area contributed by atoms with Gasteiger partial charge in [0.25, 0.3) is 0 Å². The first-order chi connectivity index (χ1) is 8.45. The molecular formula is C15H33N3. The Morgan fingerprint density at radius 3 is 1.22 bits per heavy atom. The summed E-state index contributed by atoms with van der Waals surface area (Å²) in [6.45, 7) is 16.2. The Morgan fingerprint density at radius 1 is 0.556 bits per heavy atom. The van der Waals surface area contributed by atoms with Crippen molar-refractivity contribution in [3.8, 4) is 0 Å². The summed E-state index contributed by atoms with van der Waals surface area (Å²) in [5, 5.41) is 7.66. The molecule has 0 atom stereocenters. The van der Waals surface area contributed by atoms with E-state index in [0.29, 0.717) is 18.1 Å². The second-order valence-electron chi connectivity index (χ2n) is 6.34. The lowest BCUT2D eigenvalue weighted by molar-refractivity contribution is -0.229. The number of rotatable bonds is 3. The smallest absolute Gasteiger partial charge is 0.0348 e. The summed E-state index contributed by atoms with van der Waals surface area (Å²) in [5.41, 5.74) is 0. The molecule has 0 aliphatic carbocycles. The van der Waals surface area contributed by atoms with Crippen molar-refractivity contribution < 1.29 is 0 Å². The molecular weight excluding hydrogens is 222 g/mol. The van der Waals surface area contributed by atoms with Gasteiger partial charge in [-0.1, -0.05) is 12.8 Å². The highest BCUT2D eigenvalue weighted by Gasteiger charge is 2.28. The molecule has 0 aromatic heterocycles. The van der Waals surface area contributed by atoms with Crippen LogP contribution in [0, 0.1) is 0 Å². The molecule has 0 spiro atoms. The minimum atomic E-state index is 0.535. The van der Waals surface area contributed by atoms with Gasteiger partial charge >= 0.3 is 0 Å². The van der Waals surface area contributed by atoms with E-state index in [1.165, 1.54) is 38.8 Å². The Labute approximate surface area is 114 Å². The quantitative estimate of drug-likeness (QED) is 0.764. The van der Waals surface area contributed by atoms with E-state index in [1.54, 1.807) is 0 Å². The summed E-state index contributed by atoms with van der Waals surface area (Å²) in [7, 11) is 0. The van der Waals surface area contributed by atoms with Crippen LogP contribution in [-0.2, 0) is 0 Å². The first kappa shape index (κ1) is 15.9. The molecule has 0 N–H and O–H groups in total. The number of hydrazine groups is 2. The second-order valence-corrected chi connectivity index (χ2v) is 6.34. The maximum atomic E-state index is 2.57. The van der Waals surface area contributed by atoms with Gasteiger partial charge in [0.05, 0.1) is 0 Å². The fourth-order valence-corrected chi connectivity index (χ4v) is 2.84. The molecule has 18 heavy (non-hydrogen) atoms. The average molecular weight is 255 g/mol. The van der Waals surface area contributed by atoms with E-state index in [9.17, 15) is 0 Å². The van der Waals surface area contributed by atoms with E-state index in [2.05, 4.69) is 56.7 Å². The van der Waals surface area contributed by atoms with Gasteiger partial charge in [-0.25, -0.2) is 10.0 Å². The summed E-state index contributed by atoms with van der Waals surface area (Å²) in [4.78, 5) is 0. The Kier molecular flexibility index (Phi) is 6.61. The van der Waals surface area contributed by atoms with Gasteiger partial charge in [-0.3, -0.25) is 0 Å². The van der Waals surface area contributed by atoms with Crippen LogP contribution in [-0.4, -0.2) is 46.4 Å². The minimum absolute atomic E-state index is 0.535. The van der Waals surface area contributed by atoms with Crippen molar-refractivity contribution in [3.63, 3.8) is 0 Å². The lowest BCUT2D eigenvalue weighted by Crippen LogP contribution is -2.60. The topological polar surface area (TPSA) is 9.72 Å². The van der Waals surface area contributed by atoms with Crippen molar-refractivity contribution >= 4 is 0 Å². The molecule has 0 amide bonds. The first-order valence-corrected chi connectivity index (χ1v) is 7.77. The van der Waals surface area contributed by atoms with E-state index in [4.69, 9.17) is 0 Å². The summed E-state index contributed by atoms with van der Waals surface area (Å²) in [6.07, 6.45) is 5.41. The van der Waals surface area contributed by atoms with E-state index in [-0.39, 0.29) is 0 Å². The van der Waals surface area contributed by atoms with Gasteiger partial charge in [0.1, 0.15) is 0 Å². The second kappa shape index (κ2) is 7.46. The van der Waals surface area contributed by atoms with Crippen LogP contribution in [0.25, 0.3) is 0 Å². The standard InChI is InChI=1S/C15H33N3/c1-13(2)16-11-9-7-8-10-12-17(14(3)4)18(16)15(5)6/h13-15H,7-12H2,1-6H3. The molecule has 0 bridgehead atoms. The molecule has 0 aromatic carbocycles. The Balaban J connectivity index is 2.94. The van der Waals surface area contributed by atoms with Crippen LogP contribution in [0.3, 0.4) is 0 Å². The fourth-order valence-electron chi connectivity index (χ4n) is 2.84. The van der Waals surface area contributed by atoms with E-state index in [1.807, 2.05) is 0 Å². The molecule has 3 nitrogen and oxygen atoms in total. The van der Waals surface area contributed by atoms with E-state index in [0.717, 1.165) is 0 Å². The highest BCUT2D eigenvalue weighted by molar-refractivity contribution is 4.70. The van der Waals surface area contributed by atoms with Crippen LogP contribution >= 0.6 is 0 Å². The molecule has 0 unspecified atom stereocenters. The highest BCUT2D eigenvalue weighted by atomic mass is 15.9. The molecule has 0 radical (unpaired) electrons. The summed E-state index contributed by atoms with van der Waals surface area (Å²) < 4.78 is 0. The van der Waals surface area contributed by atoms with Gasteiger partial charge in [0.2, 0.25) is 0 Å². The molecule has 1 fully saturated rings. The van der Waals surface area contributed by atoms with Gasteiger partial charge in [0, 0.05) is 31.2 Å². The molecule has 1 heterocycles. The normalized spacial score (nSPS) is 22.5. The number of hydrogen-bond acceptors (Lipinski definition) is 3. The van der Waals surface area contributed by atoms with Crippen molar-refractivity contribution in [3.05, 3.63) is 0 Å². The third-order valence-corrected chi connectivity index (χ3v) is 3.70. The van der Waals surface area contributed by atoms with Crippen LogP contribution in [0.5, 0.6) is 0 Å². The maximum absolute atomic E-state index is 2.57. The van der Waals surface area contributed by atoms with Crippen LogP contribution in [0.1, 0.15) is 67.2 Å². The largest absolute Gasteiger partial charge is 0.225 e. The predicted octanol–water partition coefficient (Wildman–Crippen LogP) is 3.52. The molecule has 1 aliphatic heterocycles. The van der Waals surface area contributed by atoms with Crippen LogP contribution in [0.15, 0.2) is 0 Å². The zero-order chi connectivity index (χ0) is 13.7. The molecule has 1 aliphatic rings. The number of nitrogens with zero attached hydrogens (tertiary/aromatic N) is 3. The zero-order valence-corrected chi connectivity index (χ0v) is 13.3. The van der Waals surface area contributed by atoms with Crippen LogP contribution in [0.2, 0.25) is 0 Å². The Hall–Kier alpha value is -0.120. The number of hydrogen-bond donors (Lipinski definition) is 0. The third kappa shape index (κ3) is 4.22. The molecule has 1 rings (SSSR count). The first-order valence-electron chi connectivity index (χ1n) is 7.77. The predicted molar refractivity (Wildman–Crippen MR) is 79.1 cm³/mol. The van der Waals surface area contributed by atoms with Crippen molar-refractivity contribution in [1.82, 2.24) is 15.1 Å². The summed E-state index contributed by atoms with van der Waals surface area (Å²) >= 11 is 0. The SMILES string of the molecule is CC(C)N1CCCCCCN(C(C)C)N1C(C)C.